The predicted octanol–water partition coefficient (Wildman–Crippen LogP) is 2.50. The van der Waals surface area contributed by atoms with E-state index in [1.54, 1.807) is 6.07 Å². The minimum atomic E-state index is 0.712. The van der Waals surface area contributed by atoms with E-state index >= 15 is 0 Å². The number of aldehydes is 1. The van der Waals surface area contributed by atoms with Crippen molar-refractivity contribution in [1.82, 2.24) is 4.57 Å². The fourth-order valence-electron chi connectivity index (χ4n) is 1.53. The van der Waals surface area contributed by atoms with Crippen molar-refractivity contribution >= 4 is 6.29 Å². The normalized spacial score (nSPS) is 10.1. The average Bonchev–Trinajstić information content (AvgIpc) is 2.65. The summed E-state index contributed by atoms with van der Waals surface area (Å²) < 4.78 is 2.03. The molecule has 14 heavy (non-hydrogen) atoms. The second kappa shape index (κ2) is 3.50. The molecule has 2 rings (SSSR count). The molecule has 70 valence electrons. The first kappa shape index (κ1) is 8.75. The molecule has 0 atom stereocenters. The molecule has 0 aliphatic carbocycles. The van der Waals surface area contributed by atoms with Crippen LogP contribution in [0, 0.1) is 0 Å². The van der Waals surface area contributed by atoms with Crippen LogP contribution in [0.3, 0.4) is 0 Å². The summed E-state index contributed by atoms with van der Waals surface area (Å²) in [5.74, 6) is 0. The number of hydrogen-bond donors (Lipinski definition) is 0. The van der Waals surface area contributed by atoms with Crippen molar-refractivity contribution in [2.75, 3.05) is 0 Å². The van der Waals surface area contributed by atoms with Crippen molar-refractivity contribution in [3.05, 3.63) is 48.2 Å². The molecule has 1 aromatic heterocycles. The minimum absolute atomic E-state index is 0.712. The van der Waals surface area contributed by atoms with Crippen LogP contribution in [0.25, 0.3) is 11.3 Å². The molecule has 2 nitrogen and oxygen atoms in total. The summed E-state index contributed by atoms with van der Waals surface area (Å²) in [5.41, 5.74) is 2.90. The first-order chi connectivity index (χ1) is 6.81. The molecule has 2 heteroatoms. The van der Waals surface area contributed by atoms with Gasteiger partial charge in [0, 0.05) is 24.5 Å². The molecule has 0 aliphatic heterocycles. The second-order valence-electron chi connectivity index (χ2n) is 3.25. The van der Waals surface area contributed by atoms with Crippen LogP contribution < -0.4 is 0 Å². The van der Waals surface area contributed by atoms with Crippen LogP contribution in [0.2, 0.25) is 0 Å². The van der Waals surface area contributed by atoms with Gasteiger partial charge in [0.05, 0.1) is 0 Å². The van der Waals surface area contributed by atoms with Crippen LogP contribution in [-0.2, 0) is 7.05 Å². The molecule has 0 saturated carbocycles. The highest BCUT2D eigenvalue weighted by atomic mass is 16.1. The molecule has 0 bridgehead atoms. The highest BCUT2D eigenvalue weighted by molar-refractivity contribution is 5.78. The minimum Gasteiger partial charge on any atom is -0.351 e. The van der Waals surface area contributed by atoms with E-state index in [4.69, 9.17) is 0 Å². The fraction of sp³-hybridized carbons (Fsp3) is 0.0833. The summed E-state index contributed by atoms with van der Waals surface area (Å²) in [6.45, 7) is 0. The maximum Gasteiger partial charge on any atom is 0.150 e. The zero-order chi connectivity index (χ0) is 9.97. The Hall–Kier alpha value is -1.83. The van der Waals surface area contributed by atoms with Gasteiger partial charge < -0.3 is 4.57 Å². The van der Waals surface area contributed by atoms with Gasteiger partial charge in [0.15, 0.2) is 0 Å². The van der Waals surface area contributed by atoms with Gasteiger partial charge in [-0.05, 0) is 23.8 Å². The van der Waals surface area contributed by atoms with Crippen LogP contribution in [0.15, 0.2) is 42.6 Å². The maximum absolute atomic E-state index is 10.6. The molecule has 0 radical (unpaired) electrons. The molecule has 0 unspecified atom stereocenters. The van der Waals surface area contributed by atoms with Gasteiger partial charge in [-0.2, -0.15) is 0 Å². The van der Waals surface area contributed by atoms with Gasteiger partial charge in [0.2, 0.25) is 0 Å². The van der Waals surface area contributed by atoms with Crippen LogP contribution in [0.5, 0.6) is 0 Å². The van der Waals surface area contributed by atoms with Crippen molar-refractivity contribution < 1.29 is 4.79 Å². The van der Waals surface area contributed by atoms with Gasteiger partial charge in [0.1, 0.15) is 6.29 Å². The molecule has 0 fully saturated rings. The lowest BCUT2D eigenvalue weighted by Gasteiger charge is -2.03. The van der Waals surface area contributed by atoms with Gasteiger partial charge in [-0.1, -0.05) is 18.2 Å². The first-order valence-corrected chi connectivity index (χ1v) is 4.48. The largest absolute Gasteiger partial charge is 0.351 e. The quantitative estimate of drug-likeness (QED) is 0.659. The van der Waals surface area contributed by atoms with E-state index in [0.717, 1.165) is 17.5 Å². The third-order valence-corrected chi connectivity index (χ3v) is 2.26. The lowest BCUT2D eigenvalue weighted by molar-refractivity contribution is 0.112. The van der Waals surface area contributed by atoms with Crippen molar-refractivity contribution in [2.45, 2.75) is 0 Å². The van der Waals surface area contributed by atoms with Crippen LogP contribution in [-0.4, -0.2) is 10.9 Å². The number of hydrogen-bond acceptors (Lipinski definition) is 1. The summed E-state index contributed by atoms with van der Waals surface area (Å²) in [6, 6.07) is 11.6. The van der Waals surface area contributed by atoms with E-state index in [9.17, 15) is 4.79 Å². The van der Waals surface area contributed by atoms with E-state index in [-0.39, 0.29) is 0 Å². The van der Waals surface area contributed by atoms with Crippen molar-refractivity contribution in [3.63, 3.8) is 0 Å². The van der Waals surface area contributed by atoms with E-state index in [0.29, 0.717) is 5.56 Å². The maximum atomic E-state index is 10.6. The topological polar surface area (TPSA) is 22.0 Å². The van der Waals surface area contributed by atoms with Crippen molar-refractivity contribution in [3.8, 4) is 11.3 Å². The number of nitrogens with zero attached hydrogens (tertiary/aromatic N) is 1. The standard InChI is InChI=1S/C12H11NO/c1-13-7-3-6-12(13)11-5-2-4-10(8-11)9-14/h2-9H,1H3. The zero-order valence-electron chi connectivity index (χ0n) is 7.97. The molecule has 1 heterocycles. The summed E-state index contributed by atoms with van der Waals surface area (Å²) in [4.78, 5) is 10.6. The number of carbonyl (C=O) groups excluding carboxylic acids is 1. The molecule has 0 spiro atoms. The monoisotopic (exact) mass is 185 g/mol. The van der Waals surface area contributed by atoms with Crippen molar-refractivity contribution in [2.24, 2.45) is 7.05 Å². The Bertz CT molecular complexity index is 457. The van der Waals surface area contributed by atoms with Crippen LogP contribution in [0.4, 0.5) is 0 Å². The van der Waals surface area contributed by atoms with Crippen molar-refractivity contribution in [1.29, 1.82) is 0 Å². The molecular formula is C12H11NO. The number of benzene rings is 1. The summed E-state index contributed by atoms with van der Waals surface area (Å²) in [5, 5.41) is 0. The molecule has 1 aromatic carbocycles. The van der Waals surface area contributed by atoms with E-state index in [1.165, 1.54) is 0 Å². The third kappa shape index (κ3) is 1.46. The molecular weight excluding hydrogens is 174 g/mol. The number of aromatic nitrogens is 1. The van der Waals surface area contributed by atoms with Gasteiger partial charge in [0.25, 0.3) is 0 Å². The van der Waals surface area contributed by atoms with Gasteiger partial charge in [-0.25, -0.2) is 0 Å². The molecule has 0 aliphatic rings. The lowest BCUT2D eigenvalue weighted by Crippen LogP contribution is -1.90. The molecule has 2 aromatic rings. The first-order valence-electron chi connectivity index (χ1n) is 4.48. The second-order valence-corrected chi connectivity index (χ2v) is 3.25. The number of rotatable bonds is 2. The number of carbonyl (C=O) groups is 1. The average molecular weight is 185 g/mol. The lowest BCUT2D eigenvalue weighted by atomic mass is 10.1. The predicted molar refractivity (Wildman–Crippen MR) is 56.2 cm³/mol. The Morgan fingerprint density at radius 1 is 1.21 bits per heavy atom. The van der Waals surface area contributed by atoms with Gasteiger partial charge in [-0.3, -0.25) is 4.79 Å². The SMILES string of the molecule is Cn1cccc1-c1cccc(C=O)c1. The smallest absolute Gasteiger partial charge is 0.150 e. The van der Waals surface area contributed by atoms with E-state index in [1.807, 2.05) is 48.1 Å². The molecule has 0 amide bonds. The van der Waals surface area contributed by atoms with Crippen LogP contribution >= 0.6 is 0 Å². The van der Waals surface area contributed by atoms with Gasteiger partial charge in [-0.15, -0.1) is 0 Å². The highest BCUT2D eigenvalue weighted by Gasteiger charge is 2.01. The summed E-state index contributed by atoms with van der Waals surface area (Å²) >= 11 is 0. The Balaban J connectivity index is 2.52. The Morgan fingerprint density at radius 3 is 2.71 bits per heavy atom. The fourth-order valence-corrected chi connectivity index (χ4v) is 1.53. The van der Waals surface area contributed by atoms with E-state index in [2.05, 4.69) is 0 Å². The summed E-state index contributed by atoms with van der Waals surface area (Å²) in [7, 11) is 1.99. The van der Waals surface area contributed by atoms with E-state index < -0.39 is 0 Å². The Kier molecular flexibility index (Phi) is 2.19. The Morgan fingerprint density at radius 2 is 2.07 bits per heavy atom. The number of aryl methyl sites for hydroxylation is 1. The van der Waals surface area contributed by atoms with Crippen LogP contribution in [0.1, 0.15) is 10.4 Å². The summed E-state index contributed by atoms with van der Waals surface area (Å²) in [6.07, 6.45) is 2.86. The van der Waals surface area contributed by atoms with Gasteiger partial charge >= 0.3 is 0 Å². The Labute approximate surface area is 82.8 Å². The third-order valence-electron chi connectivity index (χ3n) is 2.26. The molecule has 0 N–H and O–H groups in total. The highest BCUT2D eigenvalue weighted by Crippen LogP contribution is 2.19. The zero-order valence-corrected chi connectivity index (χ0v) is 7.97. The molecule has 0 saturated heterocycles.